The molecule has 0 aliphatic heterocycles. The van der Waals surface area contributed by atoms with Gasteiger partial charge in [0.05, 0.1) is 22.5 Å². The molecule has 1 heterocycles. The Labute approximate surface area is 125 Å². The minimum Gasteiger partial charge on any atom is -0.331 e. The first-order chi connectivity index (χ1) is 10.00. The smallest absolute Gasteiger partial charge is 0.232 e. The van der Waals surface area contributed by atoms with Crippen molar-refractivity contribution in [2.24, 2.45) is 7.05 Å². The number of rotatable bonds is 4. The highest BCUT2D eigenvalue weighted by atomic mass is 32.2. The zero-order valence-corrected chi connectivity index (χ0v) is 13.3. The second kappa shape index (κ2) is 5.33. The lowest BCUT2D eigenvalue weighted by molar-refractivity contribution is 0.602. The molecule has 0 bridgehead atoms. The average molecular weight is 307 g/mol. The standard InChI is InChI=1S/C15H21N3O2S/c1-3-21(19,20)17-12-8-9-14-13(10-12)16-15(18(14)2)11-6-4-5-7-11/h8-11,17H,3-7H2,1-2H3. The molecule has 0 amide bonds. The maximum atomic E-state index is 11.6. The maximum absolute atomic E-state index is 11.6. The molecule has 3 rings (SSSR count). The van der Waals surface area contributed by atoms with Crippen molar-refractivity contribution < 1.29 is 8.42 Å². The molecule has 1 aromatic carbocycles. The van der Waals surface area contributed by atoms with Crippen LogP contribution < -0.4 is 4.72 Å². The highest BCUT2D eigenvalue weighted by Gasteiger charge is 2.22. The summed E-state index contributed by atoms with van der Waals surface area (Å²) in [6, 6.07) is 5.56. The lowest BCUT2D eigenvalue weighted by atomic mass is 10.1. The van der Waals surface area contributed by atoms with Crippen LogP contribution in [-0.4, -0.2) is 23.7 Å². The van der Waals surface area contributed by atoms with Crippen LogP contribution in [0, 0.1) is 0 Å². The molecule has 0 spiro atoms. The molecule has 1 aliphatic carbocycles. The van der Waals surface area contributed by atoms with Crippen LogP contribution in [0.5, 0.6) is 0 Å². The molecule has 114 valence electrons. The Kier molecular flexibility index (Phi) is 3.65. The third-order valence-corrected chi connectivity index (χ3v) is 5.60. The second-order valence-corrected chi connectivity index (χ2v) is 7.73. The first-order valence-electron chi connectivity index (χ1n) is 7.47. The number of hydrogen-bond acceptors (Lipinski definition) is 3. The Balaban J connectivity index is 1.98. The highest BCUT2D eigenvalue weighted by molar-refractivity contribution is 7.92. The van der Waals surface area contributed by atoms with Crippen molar-refractivity contribution in [1.82, 2.24) is 9.55 Å². The fourth-order valence-corrected chi connectivity index (χ4v) is 3.71. The van der Waals surface area contributed by atoms with Gasteiger partial charge in [-0.15, -0.1) is 0 Å². The SMILES string of the molecule is CCS(=O)(=O)Nc1ccc2c(c1)nc(C1CCCC1)n2C. The normalized spacial score (nSPS) is 16.7. The first kappa shape index (κ1) is 14.4. The van der Waals surface area contributed by atoms with Gasteiger partial charge < -0.3 is 4.57 Å². The van der Waals surface area contributed by atoms with Crippen LogP contribution >= 0.6 is 0 Å². The number of imidazole rings is 1. The lowest BCUT2D eigenvalue weighted by Crippen LogP contribution is -2.14. The van der Waals surface area contributed by atoms with E-state index in [-0.39, 0.29) is 5.75 Å². The van der Waals surface area contributed by atoms with E-state index in [1.165, 1.54) is 25.7 Å². The van der Waals surface area contributed by atoms with E-state index >= 15 is 0 Å². The number of benzene rings is 1. The van der Waals surface area contributed by atoms with E-state index in [0.29, 0.717) is 11.6 Å². The molecule has 1 fully saturated rings. The number of anilines is 1. The van der Waals surface area contributed by atoms with Crippen LogP contribution in [0.2, 0.25) is 0 Å². The van der Waals surface area contributed by atoms with Crippen molar-refractivity contribution in [3.8, 4) is 0 Å². The van der Waals surface area contributed by atoms with Crippen LogP contribution in [0.4, 0.5) is 5.69 Å². The number of fused-ring (bicyclic) bond motifs is 1. The van der Waals surface area contributed by atoms with Gasteiger partial charge in [-0.25, -0.2) is 13.4 Å². The number of aromatic nitrogens is 2. The van der Waals surface area contributed by atoms with E-state index in [0.717, 1.165) is 16.9 Å². The number of hydrogen-bond donors (Lipinski definition) is 1. The second-order valence-electron chi connectivity index (χ2n) is 5.72. The van der Waals surface area contributed by atoms with Crippen molar-refractivity contribution in [2.75, 3.05) is 10.5 Å². The third kappa shape index (κ3) is 2.77. The van der Waals surface area contributed by atoms with E-state index in [2.05, 4.69) is 9.29 Å². The zero-order valence-electron chi connectivity index (χ0n) is 12.5. The fourth-order valence-electron chi connectivity index (χ4n) is 3.08. The zero-order chi connectivity index (χ0) is 15.0. The number of sulfonamides is 1. The predicted molar refractivity (Wildman–Crippen MR) is 85.0 cm³/mol. The summed E-state index contributed by atoms with van der Waals surface area (Å²) in [7, 11) is -1.20. The minimum atomic E-state index is -3.24. The highest BCUT2D eigenvalue weighted by Crippen LogP contribution is 2.35. The van der Waals surface area contributed by atoms with Crippen molar-refractivity contribution in [2.45, 2.75) is 38.5 Å². The summed E-state index contributed by atoms with van der Waals surface area (Å²) in [5, 5.41) is 0. The van der Waals surface area contributed by atoms with Crippen molar-refractivity contribution in [1.29, 1.82) is 0 Å². The topological polar surface area (TPSA) is 64.0 Å². The van der Waals surface area contributed by atoms with Gasteiger partial charge >= 0.3 is 0 Å². The Morgan fingerprint density at radius 1 is 1.33 bits per heavy atom. The summed E-state index contributed by atoms with van der Waals surface area (Å²) in [6.45, 7) is 1.62. The van der Waals surface area contributed by atoms with Gasteiger partial charge in [0.2, 0.25) is 10.0 Å². The monoisotopic (exact) mass is 307 g/mol. The summed E-state index contributed by atoms with van der Waals surface area (Å²) < 4.78 is 28.0. The fraction of sp³-hybridized carbons (Fsp3) is 0.533. The predicted octanol–water partition coefficient (Wildman–Crippen LogP) is 2.99. The molecule has 21 heavy (non-hydrogen) atoms. The average Bonchev–Trinajstić information content (AvgIpc) is 3.07. The lowest BCUT2D eigenvalue weighted by Gasteiger charge is -2.08. The maximum Gasteiger partial charge on any atom is 0.232 e. The van der Waals surface area contributed by atoms with Crippen LogP contribution in [-0.2, 0) is 17.1 Å². The molecular formula is C15H21N3O2S. The summed E-state index contributed by atoms with van der Waals surface area (Å²) in [5.41, 5.74) is 2.49. The first-order valence-corrected chi connectivity index (χ1v) is 9.12. The van der Waals surface area contributed by atoms with Crippen LogP contribution in [0.15, 0.2) is 18.2 Å². The number of nitrogens with zero attached hydrogens (tertiary/aromatic N) is 2. The number of nitrogens with one attached hydrogen (secondary N) is 1. The molecule has 0 unspecified atom stereocenters. The largest absolute Gasteiger partial charge is 0.331 e. The van der Waals surface area contributed by atoms with Gasteiger partial charge in [0.1, 0.15) is 5.82 Å². The van der Waals surface area contributed by atoms with Crippen LogP contribution in [0.1, 0.15) is 44.3 Å². The molecule has 0 atom stereocenters. The van der Waals surface area contributed by atoms with E-state index in [9.17, 15) is 8.42 Å². The van der Waals surface area contributed by atoms with E-state index in [4.69, 9.17) is 4.98 Å². The van der Waals surface area contributed by atoms with Gasteiger partial charge in [-0.05, 0) is 38.0 Å². The molecule has 1 N–H and O–H groups in total. The van der Waals surface area contributed by atoms with Crippen LogP contribution in [0.25, 0.3) is 11.0 Å². The summed E-state index contributed by atoms with van der Waals surface area (Å²) in [4.78, 5) is 4.74. The summed E-state index contributed by atoms with van der Waals surface area (Å²) in [5.74, 6) is 1.73. The van der Waals surface area contributed by atoms with Crippen molar-refractivity contribution >= 4 is 26.7 Å². The third-order valence-electron chi connectivity index (χ3n) is 4.29. The molecule has 0 radical (unpaired) electrons. The molecule has 2 aromatic rings. The van der Waals surface area contributed by atoms with Crippen molar-refractivity contribution in [3.05, 3.63) is 24.0 Å². The van der Waals surface area contributed by atoms with Gasteiger partial charge in [0, 0.05) is 13.0 Å². The van der Waals surface area contributed by atoms with E-state index < -0.39 is 10.0 Å². The van der Waals surface area contributed by atoms with Crippen molar-refractivity contribution in [3.63, 3.8) is 0 Å². The van der Waals surface area contributed by atoms with E-state index in [1.54, 1.807) is 13.0 Å². The van der Waals surface area contributed by atoms with Crippen LogP contribution in [0.3, 0.4) is 0 Å². The minimum absolute atomic E-state index is 0.0700. The molecule has 1 aromatic heterocycles. The summed E-state index contributed by atoms with van der Waals surface area (Å²) in [6.07, 6.45) is 4.95. The quantitative estimate of drug-likeness (QED) is 0.944. The van der Waals surface area contributed by atoms with Gasteiger partial charge in [0.15, 0.2) is 0 Å². The Hall–Kier alpha value is -1.56. The molecule has 0 saturated heterocycles. The Bertz CT molecular complexity index is 759. The van der Waals surface area contributed by atoms with Gasteiger partial charge in [0.25, 0.3) is 0 Å². The Morgan fingerprint density at radius 2 is 2.05 bits per heavy atom. The molecule has 6 heteroatoms. The summed E-state index contributed by atoms with van der Waals surface area (Å²) >= 11 is 0. The number of aryl methyl sites for hydroxylation is 1. The molecule has 5 nitrogen and oxygen atoms in total. The van der Waals surface area contributed by atoms with Gasteiger partial charge in [-0.1, -0.05) is 12.8 Å². The molecule has 1 aliphatic rings. The molecular weight excluding hydrogens is 286 g/mol. The van der Waals surface area contributed by atoms with Gasteiger partial charge in [-0.3, -0.25) is 4.72 Å². The molecule has 1 saturated carbocycles. The van der Waals surface area contributed by atoms with Gasteiger partial charge in [-0.2, -0.15) is 0 Å². The van der Waals surface area contributed by atoms with E-state index in [1.807, 2.05) is 19.2 Å². The Morgan fingerprint density at radius 3 is 2.71 bits per heavy atom.